The first-order valence-corrected chi connectivity index (χ1v) is 18.2. The summed E-state index contributed by atoms with van der Waals surface area (Å²) in [7, 11) is 0. The van der Waals surface area contributed by atoms with Gasteiger partial charge in [0.15, 0.2) is 0 Å². The fourth-order valence-electron chi connectivity index (χ4n) is 7.94. The molecule has 2 heteroatoms. The first-order chi connectivity index (χ1) is 25.2. The van der Waals surface area contributed by atoms with Crippen molar-refractivity contribution in [3.63, 3.8) is 0 Å². The molecule has 0 unspecified atom stereocenters. The Morgan fingerprint density at radius 2 is 0.804 bits per heavy atom. The largest absolute Gasteiger partial charge is 0.310 e. The normalized spacial score (nSPS) is 12.6. The summed E-state index contributed by atoms with van der Waals surface area (Å²) in [5.74, 6) is 0. The Morgan fingerprint density at radius 3 is 1.45 bits per heavy atom. The van der Waals surface area contributed by atoms with E-state index in [1.807, 2.05) is 0 Å². The van der Waals surface area contributed by atoms with Crippen molar-refractivity contribution in [2.45, 2.75) is 5.41 Å². The fraction of sp³-hybridized carbons (Fsp3) is 0.0204. The maximum absolute atomic E-state index is 3.87. The van der Waals surface area contributed by atoms with Gasteiger partial charge in [-0.3, -0.25) is 0 Å². The Bertz CT molecular complexity index is 2420. The number of rotatable bonds is 7. The topological polar surface area (TPSA) is 3.24 Å². The van der Waals surface area contributed by atoms with Crippen molar-refractivity contribution < 1.29 is 0 Å². The average molecular weight is 717 g/mol. The first kappa shape index (κ1) is 31.1. The van der Waals surface area contributed by atoms with Crippen molar-refractivity contribution in [3.8, 4) is 33.4 Å². The van der Waals surface area contributed by atoms with E-state index in [9.17, 15) is 0 Å². The van der Waals surface area contributed by atoms with E-state index in [-0.39, 0.29) is 0 Å². The number of benzene rings is 8. The van der Waals surface area contributed by atoms with Gasteiger partial charge >= 0.3 is 0 Å². The molecule has 51 heavy (non-hydrogen) atoms. The Labute approximate surface area is 308 Å². The van der Waals surface area contributed by atoms with Crippen LogP contribution in [0.3, 0.4) is 0 Å². The summed E-state index contributed by atoms with van der Waals surface area (Å²) in [5.41, 5.74) is 15.2. The van der Waals surface area contributed by atoms with Gasteiger partial charge in [0.2, 0.25) is 0 Å². The van der Waals surface area contributed by atoms with Gasteiger partial charge in [0, 0.05) is 21.5 Å². The van der Waals surface area contributed by atoms with E-state index in [1.165, 1.54) is 50.1 Å². The molecule has 0 aromatic heterocycles. The summed E-state index contributed by atoms with van der Waals surface area (Å²) in [6.07, 6.45) is 0. The predicted octanol–water partition coefficient (Wildman–Crippen LogP) is 13.6. The summed E-state index contributed by atoms with van der Waals surface area (Å²) < 4.78 is 1.06. The Kier molecular flexibility index (Phi) is 7.95. The van der Waals surface area contributed by atoms with Gasteiger partial charge in [-0.25, -0.2) is 0 Å². The van der Waals surface area contributed by atoms with E-state index in [1.54, 1.807) is 0 Å². The van der Waals surface area contributed by atoms with Crippen molar-refractivity contribution in [3.05, 3.63) is 233 Å². The van der Waals surface area contributed by atoms with Crippen molar-refractivity contribution in [1.29, 1.82) is 0 Å². The lowest BCUT2D eigenvalue weighted by Crippen LogP contribution is -2.28. The van der Waals surface area contributed by atoms with Gasteiger partial charge in [0.1, 0.15) is 0 Å². The van der Waals surface area contributed by atoms with Crippen LogP contribution < -0.4 is 4.90 Å². The maximum atomic E-state index is 3.87. The fourth-order valence-corrected chi connectivity index (χ4v) is 8.42. The molecule has 0 atom stereocenters. The van der Waals surface area contributed by atoms with Crippen LogP contribution in [0.5, 0.6) is 0 Å². The molecule has 242 valence electrons. The lowest BCUT2D eigenvalue weighted by atomic mass is 9.67. The van der Waals surface area contributed by atoms with Gasteiger partial charge in [-0.15, -0.1) is 0 Å². The minimum Gasteiger partial charge on any atom is -0.310 e. The Morgan fingerprint density at radius 1 is 0.333 bits per heavy atom. The second-order valence-corrected chi connectivity index (χ2v) is 13.9. The third-order valence-electron chi connectivity index (χ3n) is 10.2. The minimum absolute atomic E-state index is 0.484. The summed E-state index contributed by atoms with van der Waals surface area (Å²) >= 11 is 3.87. The molecular formula is C49H34BrN. The van der Waals surface area contributed by atoms with Crippen molar-refractivity contribution >= 4 is 33.0 Å². The summed E-state index contributed by atoms with van der Waals surface area (Å²) in [6, 6.07) is 74.8. The van der Waals surface area contributed by atoms with Crippen LogP contribution in [-0.2, 0) is 5.41 Å². The summed E-state index contributed by atoms with van der Waals surface area (Å²) in [5, 5.41) is 0. The molecule has 1 aliphatic rings. The molecule has 0 saturated heterocycles. The van der Waals surface area contributed by atoms with Crippen LogP contribution in [0.4, 0.5) is 17.1 Å². The first-order valence-electron chi connectivity index (χ1n) is 17.4. The molecule has 0 fully saturated rings. The zero-order valence-corrected chi connectivity index (χ0v) is 29.5. The second kappa shape index (κ2) is 13.1. The molecule has 0 radical (unpaired) electrons. The highest BCUT2D eigenvalue weighted by Gasteiger charge is 2.46. The van der Waals surface area contributed by atoms with E-state index < -0.39 is 5.41 Å². The highest BCUT2D eigenvalue weighted by Crippen LogP contribution is 2.57. The maximum Gasteiger partial charge on any atom is 0.0714 e. The van der Waals surface area contributed by atoms with Gasteiger partial charge < -0.3 is 4.90 Å². The molecule has 8 aromatic carbocycles. The van der Waals surface area contributed by atoms with E-state index in [4.69, 9.17) is 0 Å². The average Bonchev–Trinajstić information content (AvgIpc) is 3.51. The van der Waals surface area contributed by atoms with Crippen molar-refractivity contribution in [2.24, 2.45) is 0 Å². The predicted molar refractivity (Wildman–Crippen MR) is 217 cm³/mol. The molecule has 9 rings (SSSR count). The van der Waals surface area contributed by atoms with E-state index in [0.29, 0.717) is 0 Å². The van der Waals surface area contributed by atoms with Crippen LogP contribution >= 0.6 is 15.9 Å². The molecule has 0 saturated carbocycles. The molecule has 0 bridgehead atoms. The minimum atomic E-state index is -0.484. The smallest absolute Gasteiger partial charge is 0.0714 e. The van der Waals surface area contributed by atoms with Crippen LogP contribution in [0, 0.1) is 0 Å². The number of nitrogens with zero attached hydrogens (tertiary/aromatic N) is 1. The lowest BCUT2D eigenvalue weighted by molar-refractivity contribution is 0.768. The number of hydrogen-bond donors (Lipinski definition) is 0. The molecule has 1 nitrogen and oxygen atoms in total. The summed E-state index contributed by atoms with van der Waals surface area (Å²) in [4.78, 5) is 2.40. The number of halogens is 1. The quantitative estimate of drug-likeness (QED) is 0.159. The third kappa shape index (κ3) is 5.31. The summed E-state index contributed by atoms with van der Waals surface area (Å²) in [6.45, 7) is 0. The van der Waals surface area contributed by atoms with E-state index in [2.05, 4.69) is 227 Å². The third-order valence-corrected chi connectivity index (χ3v) is 10.9. The highest BCUT2D eigenvalue weighted by atomic mass is 79.9. The standard InChI is InChI=1S/C49H34BrN/c50-48-32-30-41(33-45(48)37-17-7-2-8-18-37)51(40-27-25-36(26-28-40)35-15-5-1-6-16-35)42-29-31-44-43-23-13-14-24-46(43)49(47(44)34-42,38-19-9-3-10-20-38)39-21-11-4-12-22-39/h1-34H. The zero-order valence-electron chi connectivity index (χ0n) is 28.0. The van der Waals surface area contributed by atoms with E-state index in [0.717, 1.165) is 27.1 Å². The SMILES string of the molecule is Brc1ccc(N(c2ccc(-c3ccccc3)cc2)c2ccc3c(c2)C(c2ccccc2)(c2ccccc2)c2ccccc2-3)cc1-c1ccccc1. The zero-order chi connectivity index (χ0) is 34.2. The lowest BCUT2D eigenvalue weighted by Gasteiger charge is -2.35. The molecule has 0 N–H and O–H groups in total. The van der Waals surface area contributed by atoms with Crippen LogP contribution in [-0.4, -0.2) is 0 Å². The monoisotopic (exact) mass is 715 g/mol. The molecule has 1 aliphatic carbocycles. The van der Waals surface area contributed by atoms with Gasteiger partial charge in [0.25, 0.3) is 0 Å². The van der Waals surface area contributed by atoms with E-state index >= 15 is 0 Å². The number of anilines is 3. The number of fused-ring (bicyclic) bond motifs is 3. The van der Waals surface area contributed by atoms with Gasteiger partial charge in [-0.1, -0.05) is 180 Å². The highest BCUT2D eigenvalue weighted by molar-refractivity contribution is 9.10. The van der Waals surface area contributed by atoms with Gasteiger partial charge in [-0.05, 0) is 98.1 Å². The van der Waals surface area contributed by atoms with Crippen molar-refractivity contribution in [2.75, 3.05) is 4.90 Å². The van der Waals surface area contributed by atoms with Gasteiger partial charge in [0.05, 0.1) is 5.41 Å². The van der Waals surface area contributed by atoms with Crippen LogP contribution in [0.2, 0.25) is 0 Å². The Hall–Kier alpha value is -5.96. The Balaban J connectivity index is 1.29. The second-order valence-electron chi connectivity index (χ2n) is 13.0. The van der Waals surface area contributed by atoms with Crippen LogP contribution in [0.25, 0.3) is 33.4 Å². The molecule has 0 heterocycles. The number of hydrogen-bond acceptors (Lipinski definition) is 1. The molecular weight excluding hydrogens is 682 g/mol. The van der Waals surface area contributed by atoms with Crippen LogP contribution in [0.15, 0.2) is 211 Å². The molecule has 0 aliphatic heterocycles. The molecule has 8 aromatic rings. The van der Waals surface area contributed by atoms with Gasteiger partial charge in [-0.2, -0.15) is 0 Å². The van der Waals surface area contributed by atoms with Crippen LogP contribution in [0.1, 0.15) is 22.3 Å². The molecule has 0 amide bonds. The molecule has 0 spiro atoms. The van der Waals surface area contributed by atoms with Crippen molar-refractivity contribution in [1.82, 2.24) is 0 Å².